The van der Waals surface area contributed by atoms with E-state index in [2.05, 4.69) is 107 Å². The largest absolute Gasteiger partial charge is 0.503 e. The molecule has 1 fully saturated rings. The normalized spacial score (nSPS) is 12.1. The molecule has 2 N–H and O–H groups in total. The van der Waals surface area contributed by atoms with Gasteiger partial charge in [-0.2, -0.15) is 30.4 Å². The number of carbonyl (C=O) groups excluding carboxylic acids is 3. The summed E-state index contributed by atoms with van der Waals surface area (Å²) in [5.74, 6) is -27.0. The number of anilines is 2. The van der Waals surface area contributed by atoms with Crippen molar-refractivity contribution in [3.63, 3.8) is 0 Å². The number of esters is 1. The third-order valence-corrected chi connectivity index (χ3v) is 24.1. The Labute approximate surface area is 762 Å². The Morgan fingerprint density at radius 3 is 1.35 bits per heavy atom. The van der Waals surface area contributed by atoms with E-state index in [1.54, 1.807) is 48.7 Å². The highest BCUT2D eigenvalue weighted by atomic mass is 79.9. The monoisotopic (exact) mass is 2060 g/mol. The fourth-order valence-corrected chi connectivity index (χ4v) is 15.6. The summed E-state index contributed by atoms with van der Waals surface area (Å²) in [4.78, 5) is 62.9. The number of hydrogen-bond donors (Lipinski definition) is 2. The topological polar surface area (TPSA) is 217 Å². The van der Waals surface area contributed by atoms with Crippen molar-refractivity contribution in [2.75, 3.05) is 52.9 Å². The van der Waals surface area contributed by atoms with Gasteiger partial charge < -0.3 is 38.5 Å². The van der Waals surface area contributed by atoms with Crippen LogP contribution in [0.15, 0.2) is 220 Å². The number of aromatic nitrogens is 2. The number of thioether (sulfide) groups is 2. The average molecular weight is 2060 g/mol. The quantitative estimate of drug-likeness (QED) is 0.00742. The Hall–Kier alpha value is -10.7. The van der Waals surface area contributed by atoms with Gasteiger partial charge >= 0.3 is 22.1 Å². The van der Waals surface area contributed by atoms with E-state index in [4.69, 9.17) is 47.6 Å². The first kappa shape index (κ1) is 102. The molecule has 13 rings (SSSR count). The zero-order valence-electron chi connectivity index (χ0n) is 67.8. The van der Waals surface area contributed by atoms with Gasteiger partial charge in [0.2, 0.25) is 63.9 Å². The third kappa shape index (κ3) is 25.0. The maximum Gasteiger partial charge on any atom is 0.357 e. The first-order valence-electron chi connectivity index (χ1n) is 37.0. The van der Waals surface area contributed by atoms with Gasteiger partial charge in [-0.05, 0) is 201 Å². The summed E-state index contributed by atoms with van der Waals surface area (Å²) in [5.41, 5.74) is 3.59. The average Bonchev–Trinajstić information content (AvgIpc) is 1.48. The van der Waals surface area contributed by atoms with Crippen LogP contribution in [0.1, 0.15) is 58.2 Å². The number of carbonyl (C=O) groups is 3. The number of halogens is 18. The van der Waals surface area contributed by atoms with Crippen molar-refractivity contribution in [3.05, 3.63) is 308 Å². The molecule has 3 amide bonds. The van der Waals surface area contributed by atoms with Crippen LogP contribution in [0.4, 0.5) is 73.2 Å². The highest BCUT2D eigenvalue weighted by molar-refractivity contribution is 9.11. The lowest BCUT2D eigenvalue weighted by molar-refractivity contribution is -0.137. The summed E-state index contributed by atoms with van der Waals surface area (Å²) < 4.78 is 226. The van der Waals surface area contributed by atoms with Crippen molar-refractivity contribution in [1.29, 1.82) is 0 Å². The second kappa shape index (κ2) is 45.8. The summed E-state index contributed by atoms with van der Waals surface area (Å²) in [6.45, 7) is 15.2. The molecule has 127 heavy (non-hydrogen) atoms. The molecule has 0 aliphatic carbocycles. The van der Waals surface area contributed by atoms with Crippen LogP contribution in [0.2, 0.25) is 0 Å². The lowest BCUT2D eigenvalue weighted by Crippen LogP contribution is -2.38. The number of urea groups is 1. The van der Waals surface area contributed by atoms with Gasteiger partial charge in [-0.15, -0.1) is 23.5 Å². The summed E-state index contributed by atoms with van der Waals surface area (Å²) in [6, 6.07) is 48.0. The SMILES string of the molecule is CC1(C)C(=O)N(Cl)C(=O)N1Cl.CCN(CC)CC.CCOC(=O)/C=C/c1cc(SCc2ccccc2)ccc1Nc1cc(F)c(Br)cc1OC.COc1cc(Br)c(F)cc1-n1c(=O)ccc2cc(S(=O)(=O)Oc3c(F)c(F)c(F)c(F)c3F)ccc21.COc1cc(Br)c(F)cc1-n1c(=O)ccc2cc(SCc3ccccc3)ccc21.Oc1c(F)c(F)c(F)c(F)c1F. The number of methoxy groups -OCH3 is 3. The van der Waals surface area contributed by atoms with Gasteiger partial charge in [-0.25, -0.2) is 53.5 Å². The molecule has 1 aliphatic rings. The Kier molecular flexibility index (Phi) is 36.7. The van der Waals surface area contributed by atoms with E-state index in [-0.39, 0.29) is 36.8 Å². The minimum Gasteiger partial charge on any atom is -0.503 e. The number of ether oxygens (including phenoxy) is 4. The van der Waals surface area contributed by atoms with Crippen LogP contribution in [0.5, 0.6) is 28.7 Å². The maximum absolute atomic E-state index is 14.2. The molecule has 1 saturated heterocycles. The number of nitrogens with zero attached hydrogens (tertiary/aromatic N) is 5. The molecule has 0 saturated carbocycles. The molecule has 1 aliphatic heterocycles. The van der Waals surface area contributed by atoms with Gasteiger partial charge in [0.15, 0.2) is 5.75 Å². The molecule has 3 heterocycles. The van der Waals surface area contributed by atoms with Crippen molar-refractivity contribution in [2.45, 2.75) is 73.3 Å². The van der Waals surface area contributed by atoms with Gasteiger partial charge in [0.1, 0.15) is 45.1 Å². The number of hydrogen-bond acceptors (Lipinski definition) is 17. The molecule has 0 spiro atoms. The number of phenolic OH excluding ortho intramolecular Hbond substituents is 1. The summed E-state index contributed by atoms with van der Waals surface area (Å²) in [7, 11) is -0.823. The fourth-order valence-electron chi connectivity index (χ4n) is 11.4. The molecule has 2 aromatic heterocycles. The predicted molar refractivity (Wildman–Crippen MR) is 471 cm³/mol. The van der Waals surface area contributed by atoms with Crippen LogP contribution in [-0.4, -0.2) is 107 Å². The van der Waals surface area contributed by atoms with Crippen LogP contribution in [0, 0.1) is 75.6 Å². The third-order valence-electron chi connectivity index (χ3n) is 18.1. The Morgan fingerprint density at radius 1 is 0.512 bits per heavy atom. The Bertz CT molecular complexity index is 6200. The molecule has 10 aromatic carbocycles. The van der Waals surface area contributed by atoms with Gasteiger partial charge in [0.25, 0.3) is 17.0 Å². The smallest absolute Gasteiger partial charge is 0.357 e. The molecule has 0 radical (unpaired) electrons. The molecule has 19 nitrogen and oxygen atoms in total. The number of pyridine rings is 2. The number of nitrogens with one attached hydrogen (secondary N) is 1. The van der Waals surface area contributed by atoms with Crippen molar-refractivity contribution in [3.8, 4) is 40.1 Å². The number of aromatic hydroxyl groups is 1. The highest BCUT2D eigenvalue weighted by Crippen LogP contribution is 2.40. The van der Waals surface area contributed by atoms with E-state index < -0.39 is 131 Å². The molecular weight excluding hydrogens is 1990 g/mol. The van der Waals surface area contributed by atoms with Crippen LogP contribution < -0.4 is 34.8 Å². The minimum atomic E-state index is -5.12. The fraction of sp³-hybridized carbons (Fsp3) is 0.184. The second-order valence-corrected chi connectivity index (χ2v) is 33.4. The molecule has 12 aromatic rings. The number of fused-ring (bicyclic) bond motifs is 2. The summed E-state index contributed by atoms with van der Waals surface area (Å²) in [5, 5.41) is 12.5. The van der Waals surface area contributed by atoms with E-state index >= 15 is 0 Å². The van der Waals surface area contributed by atoms with Gasteiger partial charge in [-0.1, -0.05) is 81.4 Å². The van der Waals surface area contributed by atoms with Crippen LogP contribution in [0.3, 0.4) is 0 Å². The van der Waals surface area contributed by atoms with Gasteiger partial charge in [-0.3, -0.25) is 23.5 Å². The number of amides is 3. The van der Waals surface area contributed by atoms with Crippen molar-refractivity contribution < 1.29 is 108 Å². The van der Waals surface area contributed by atoms with Crippen LogP contribution in [0.25, 0.3) is 39.3 Å². The Morgan fingerprint density at radius 2 is 0.929 bits per heavy atom. The summed E-state index contributed by atoms with van der Waals surface area (Å²) >= 11 is 23.5. The van der Waals surface area contributed by atoms with Crippen molar-refractivity contribution in [2.24, 2.45) is 0 Å². The van der Waals surface area contributed by atoms with Crippen LogP contribution >= 0.6 is 94.9 Å². The first-order valence-corrected chi connectivity index (χ1v) is 43.5. The van der Waals surface area contributed by atoms with E-state index in [0.29, 0.717) is 49.6 Å². The van der Waals surface area contributed by atoms with E-state index in [9.17, 15) is 89.5 Å². The summed E-state index contributed by atoms with van der Waals surface area (Å²) in [6.07, 6.45) is 3.07. The molecular formula is C87H72Br3Cl2F13N6O13S3. The maximum atomic E-state index is 14.2. The van der Waals surface area contributed by atoms with E-state index in [1.807, 2.05) is 72.8 Å². The van der Waals surface area contributed by atoms with Crippen LogP contribution in [-0.2, 0) is 35.9 Å². The zero-order chi connectivity index (χ0) is 93.8. The molecule has 0 bridgehead atoms. The first-order chi connectivity index (χ1) is 60.1. The number of imide groups is 1. The molecule has 0 atom stereocenters. The minimum absolute atomic E-state index is 0.0259. The number of benzene rings is 10. The van der Waals surface area contributed by atoms with Crippen molar-refractivity contribution in [1.82, 2.24) is 22.9 Å². The van der Waals surface area contributed by atoms with E-state index in [1.165, 1.54) is 113 Å². The molecule has 672 valence electrons. The standard InChI is InChI=1S/C25H23BrFNO3S.C23H17BrFNO2S.C22H10BrF6NO5S.C6HF5O.C6H15N.C5H6Cl2N2O2/c1-3-31-25(29)12-9-18-13-19(32-16-17-7-5-4-6-8-17)10-11-22(18)28-23-15-21(27)20(26)14-24(23)30-2;1-28-22-12-18(24)19(25)13-21(22)26-20-9-8-17(11-16(20)7-10-23(26)27)29-14-15-5-3-2-4-6-15;1-34-15-7-11(23)12(24)8-14(15)30-13-4-3-10(6-9(13)2-5-16(30)31)36(32,33)35-22-20(28)18(26)17(25)19(27)21(22)29;7-1-2(8)4(10)6(12)5(11)3(1)9;1-4-7(5-2)6-3;1-5(2)3(10)8(6)4(11)9(5)7/h4-15,28H,3,16H2,1-2H3;2-13H,14H2,1H3;2-8H,1H3;12H;4-6H2,1-3H3;1-2H3/b12-9+;;;;;. The molecule has 0 unspecified atom stereocenters. The number of rotatable bonds is 22. The highest BCUT2D eigenvalue weighted by Gasteiger charge is 2.51. The molecule has 40 heteroatoms. The zero-order valence-corrected chi connectivity index (χ0v) is 76.5. The van der Waals surface area contributed by atoms with Gasteiger partial charge in [0, 0.05) is 92.3 Å². The van der Waals surface area contributed by atoms with E-state index in [0.717, 1.165) is 71.6 Å². The number of phenols is 1. The lowest BCUT2D eigenvalue weighted by Gasteiger charge is -2.18. The lowest BCUT2D eigenvalue weighted by atomic mass is 10.1. The Balaban J connectivity index is 0.000000203. The predicted octanol–water partition coefficient (Wildman–Crippen LogP) is 23.5. The van der Waals surface area contributed by atoms with Crippen molar-refractivity contribution >= 4 is 162 Å². The second-order valence-electron chi connectivity index (χ2n) is 26.5. The van der Waals surface area contributed by atoms with Gasteiger partial charge in [0.05, 0.1) is 69.4 Å².